The van der Waals surface area contributed by atoms with Crippen molar-refractivity contribution >= 4 is 38.0 Å². The zero-order valence-electron chi connectivity index (χ0n) is 16.3. The highest BCUT2D eigenvalue weighted by Crippen LogP contribution is 2.41. The maximum Gasteiger partial charge on any atom is 0.339 e. The van der Waals surface area contributed by atoms with Crippen LogP contribution in [0.4, 0.5) is 0 Å². The molecule has 0 saturated heterocycles. The Morgan fingerprint density at radius 2 is 0.750 bits per heavy atom. The van der Waals surface area contributed by atoms with Crippen molar-refractivity contribution in [3.63, 3.8) is 0 Å². The minimum atomic E-state index is -5.29. The summed E-state index contributed by atoms with van der Waals surface area (Å²) in [5, 5.41) is 0. The second-order valence-corrected chi connectivity index (χ2v) is 14.8. The molecule has 0 heterocycles. The van der Waals surface area contributed by atoms with Crippen LogP contribution in [0.5, 0.6) is 0 Å². The summed E-state index contributed by atoms with van der Waals surface area (Å²) in [6, 6.07) is 0. The summed E-state index contributed by atoms with van der Waals surface area (Å²) in [6.07, 6.45) is -5.76. The average molecular weight is 570 g/mol. The van der Waals surface area contributed by atoms with Crippen LogP contribution in [-0.4, -0.2) is 107 Å². The van der Waals surface area contributed by atoms with E-state index in [0.717, 1.165) is 4.90 Å². The molecule has 0 aromatic carbocycles. The molecule has 18 nitrogen and oxygen atoms in total. The van der Waals surface area contributed by atoms with Crippen LogP contribution in [0, 0.1) is 0 Å². The Hall–Kier alpha value is 0.630. The SMILES string of the molecule is O=P([O-])([O-])CN(CCN(CCN(CP(=O)(O)O)CP(=O)(O)O)CP(=O)(O)O)CP(=O)([O-])O. The monoisotopic (exact) mass is 570 g/mol. The number of nitrogens with zero attached hydrogens (tertiary/aromatic N) is 3. The largest absolute Gasteiger partial charge is 0.810 e. The highest BCUT2D eigenvalue weighted by Gasteiger charge is 2.27. The van der Waals surface area contributed by atoms with E-state index in [-0.39, 0.29) is 0 Å². The molecule has 0 saturated carbocycles. The molecular weight excluding hydrogens is 545 g/mol. The van der Waals surface area contributed by atoms with Crippen LogP contribution in [0.2, 0.25) is 0 Å². The topological polar surface area (TPSA) is 306 Å². The van der Waals surface area contributed by atoms with Crippen LogP contribution in [0.25, 0.3) is 0 Å². The van der Waals surface area contributed by atoms with Crippen molar-refractivity contribution in [3.8, 4) is 0 Å². The molecule has 32 heavy (non-hydrogen) atoms. The predicted octanol–water partition coefficient (Wildman–Crippen LogP) is -4.33. The maximum absolute atomic E-state index is 11.3. The van der Waals surface area contributed by atoms with Gasteiger partial charge in [-0.15, -0.1) is 0 Å². The summed E-state index contributed by atoms with van der Waals surface area (Å²) in [7, 11) is -24.7. The summed E-state index contributed by atoms with van der Waals surface area (Å²) < 4.78 is 55.7. The van der Waals surface area contributed by atoms with E-state index in [9.17, 15) is 47.3 Å². The van der Waals surface area contributed by atoms with Crippen LogP contribution >= 0.6 is 38.0 Å². The van der Waals surface area contributed by atoms with E-state index < -0.39 is 95.6 Å². The van der Waals surface area contributed by atoms with Crippen molar-refractivity contribution in [2.75, 3.05) is 57.6 Å². The zero-order chi connectivity index (χ0) is 25.6. The fraction of sp³-hybridized carbons (Fsp3) is 1.00. The summed E-state index contributed by atoms with van der Waals surface area (Å²) >= 11 is 0. The molecule has 0 rings (SSSR count). The zero-order valence-corrected chi connectivity index (χ0v) is 20.8. The third kappa shape index (κ3) is 21.2. The molecule has 0 bridgehead atoms. The van der Waals surface area contributed by atoms with E-state index >= 15 is 0 Å². The van der Waals surface area contributed by atoms with Crippen molar-refractivity contribution in [2.45, 2.75) is 0 Å². The molecular formula is C9H25N3O15P5-3. The Morgan fingerprint density at radius 1 is 0.469 bits per heavy atom. The molecule has 1 atom stereocenters. The number of rotatable bonds is 16. The lowest BCUT2D eigenvalue weighted by molar-refractivity contribution is -0.315. The quantitative estimate of drug-likeness (QED) is 0.0863. The maximum atomic E-state index is 11.3. The normalized spacial score (nSPS) is 16.2. The average Bonchev–Trinajstić information content (AvgIpc) is 2.41. The Labute approximate surface area is 182 Å². The second-order valence-electron chi connectivity index (χ2n) is 6.86. The van der Waals surface area contributed by atoms with Crippen LogP contribution in [0.15, 0.2) is 0 Å². The fourth-order valence-corrected chi connectivity index (χ4v) is 6.59. The van der Waals surface area contributed by atoms with Gasteiger partial charge in [0.25, 0.3) is 0 Å². The van der Waals surface area contributed by atoms with Gasteiger partial charge in [0.15, 0.2) is 0 Å². The smallest absolute Gasteiger partial charge is 0.339 e. The molecule has 0 radical (unpaired) electrons. The third-order valence-electron chi connectivity index (χ3n) is 3.37. The summed E-state index contributed by atoms with van der Waals surface area (Å²) in [6.45, 7) is -2.07. The Balaban J connectivity index is 5.41. The molecule has 0 aliphatic carbocycles. The van der Waals surface area contributed by atoms with Gasteiger partial charge in [-0.25, -0.2) is 0 Å². The Morgan fingerprint density at radius 3 is 1.03 bits per heavy atom. The molecule has 23 heteroatoms. The van der Waals surface area contributed by atoms with Crippen LogP contribution in [-0.2, 0) is 22.8 Å². The lowest BCUT2D eigenvalue weighted by Crippen LogP contribution is -2.42. The Kier molecular flexibility index (Phi) is 12.8. The first kappa shape index (κ1) is 32.6. The van der Waals surface area contributed by atoms with E-state index in [1.807, 2.05) is 0 Å². The van der Waals surface area contributed by atoms with Gasteiger partial charge < -0.3 is 58.1 Å². The highest BCUT2D eigenvalue weighted by atomic mass is 31.2. The van der Waals surface area contributed by atoms with Gasteiger partial charge in [-0.05, 0) is 0 Å². The molecule has 0 amide bonds. The predicted molar refractivity (Wildman–Crippen MR) is 103 cm³/mol. The van der Waals surface area contributed by atoms with Gasteiger partial charge in [-0.2, -0.15) is 0 Å². The van der Waals surface area contributed by atoms with Crippen LogP contribution in [0.3, 0.4) is 0 Å². The van der Waals surface area contributed by atoms with E-state index in [0.29, 0.717) is 9.80 Å². The van der Waals surface area contributed by atoms with Gasteiger partial charge in [0.1, 0.15) is 26.5 Å². The first-order chi connectivity index (χ1) is 13.9. The van der Waals surface area contributed by atoms with Gasteiger partial charge in [-0.1, -0.05) is 7.60 Å². The number of hydrogen-bond acceptors (Lipinski definition) is 11. The molecule has 1 unspecified atom stereocenters. The van der Waals surface area contributed by atoms with E-state index in [2.05, 4.69) is 0 Å². The molecule has 0 aliphatic rings. The molecule has 0 aliphatic heterocycles. The third-order valence-corrected chi connectivity index (χ3v) is 7.18. The lowest BCUT2D eigenvalue weighted by atomic mass is 10.4. The van der Waals surface area contributed by atoms with Crippen molar-refractivity contribution in [1.29, 1.82) is 0 Å². The van der Waals surface area contributed by atoms with Crippen LogP contribution < -0.4 is 14.7 Å². The van der Waals surface area contributed by atoms with E-state index in [1.165, 1.54) is 0 Å². The Bertz CT molecular complexity index is 720. The molecule has 7 N–H and O–H groups in total. The minimum absolute atomic E-state index is 0.459. The standard InChI is InChI=1S/C9H28N3O15P5/c13-28(14,15)5-10(1-3-11(6-29(16,17)18)7-30(19,20)21)2-4-12(8-31(22,23)24)9-32(25,26)27/h1-9H2,(H2,13,14,15)(H2,16,17,18)(H2,19,20,21)(H2,22,23,24)(H2,25,26,27)/p-3. The van der Waals surface area contributed by atoms with Crippen LogP contribution in [0.1, 0.15) is 0 Å². The number of hydrogen-bond donors (Lipinski definition) is 7. The van der Waals surface area contributed by atoms with Crippen molar-refractivity contribution in [3.05, 3.63) is 0 Å². The van der Waals surface area contributed by atoms with E-state index in [1.54, 1.807) is 0 Å². The lowest BCUT2D eigenvalue weighted by Gasteiger charge is -2.38. The van der Waals surface area contributed by atoms with Gasteiger partial charge in [0.05, 0.1) is 6.29 Å². The van der Waals surface area contributed by atoms with Gasteiger partial charge in [-0.3, -0.25) is 28.4 Å². The first-order valence-electron chi connectivity index (χ1n) is 8.29. The van der Waals surface area contributed by atoms with Crippen molar-refractivity contribution in [1.82, 2.24) is 14.7 Å². The van der Waals surface area contributed by atoms with Gasteiger partial charge >= 0.3 is 22.8 Å². The van der Waals surface area contributed by atoms with Crippen molar-refractivity contribution in [2.24, 2.45) is 0 Å². The summed E-state index contributed by atoms with van der Waals surface area (Å²) in [4.78, 5) is 98.4. The second kappa shape index (κ2) is 12.5. The van der Waals surface area contributed by atoms with E-state index in [4.69, 9.17) is 24.5 Å². The molecule has 0 spiro atoms. The van der Waals surface area contributed by atoms with Crippen molar-refractivity contribution < 1.29 is 71.8 Å². The molecule has 194 valence electrons. The van der Waals surface area contributed by atoms with Gasteiger partial charge in [0, 0.05) is 32.5 Å². The minimum Gasteiger partial charge on any atom is -0.810 e. The fourth-order valence-electron chi connectivity index (χ4n) is 2.47. The highest BCUT2D eigenvalue weighted by molar-refractivity contribution is 7.52. The summed E-state index contributed by atoms with van der Waals surface area (Å²) in [5.41, 5.74) is 0. The summed E-state index contributed by atoms with van der Waals surface area (Å²) in [5.74, 6) is 0. The molecule has 0 fully saturated rings. The molecule has 0 aromatic heterocycles. The molecule has 0 aromatic rings. The first-order valence-corrected chi connectivity index (χ1v) is 17.2. The van der Waals surface area contributed by atoms with Gasteiger partial charge in [0.2, 0.25) is 0 Å².